The molecule has 19 heavy (non-hydrogen) atoms. The van der Waals surface area contributed by atoms with Crippen molar-refractivity contribution in [2.45, 2.75) is 20.8 Å². The minimum Gasteiger partial charge on any atom is -0.492 e. The number of anilines is 3. The molecule has 0 aliphatic carbocycles. The molecule has 0 bridgehead atoms. The number of hydrogen-bond donors (Lipinski definition) is 2. The number of benzene rings is 2. The quantitative estimate of drug-likeness (QED) is 0.812. The first-order chi connectivity index (χ1) is 9.11. The van der Waals surface area contributed by atoms with Crippen molar-refractivity contribution in [2.75, 3.05) is 17.7 Å². The van der Waals surface area contributed by atoms with Crippen molar-refractivity contribution in [1.82, 2.24) is 0 Å². The molecule has 0 fully saturated rings. The number of nitrogen functional groups attached to an aromatic ring is 1. The standard InChI is InChI=1S/C16H20N2O/c1-4-19-15-7-5-6-14(16(15)17)18-13-9-8-11(2)10-12(13)3/h5-10,18H,4,17H2,1-3H3. The van der Waals surface area contributed by atoms with Crippen LogP contribution in [0.3, 0.4) is 0 Å². The zero-order valence-electron chi connectivity index (χ0n) is 11.7. The van der Waals surface area contributed by atoms with Crippen molar-refractivity contribution in [3.8, 4) is 5.75 Å². The van der Waals surface area contributed by atoms with Crippen molar-refractivity contribution in [1.29, 1.82) is 0 Å². The van der Waals surface area contributed by atoms with Gasteiger partial charge in [0.25, 0.3) is 0 Å². The van der Waals surface area contributed by atoms with Gasteiger partial charge in [0.2, 0.25) is 0 Å². The van der Waals surface area contributed by atoms with E-state index in [1.807, 2.05) is 25.1 Å². The Morgan fingerprint density at radius 2 is 1.89 bits per heavy atom. The third kappa shape index (κ3) is 2.99. The Balaban J connectivity index is 2.30. The smallest absolute Gasteiger partial charge is 0.144 e. The highest BCUT2D eigenvalue weighted by Gasteiger charge is 2.07. The second-order valence-electron chi connectivity index (χ2n) is 4.59. The fourth-order valence-corrected chi connectivity index (χ4v) is 2.03. The Labute approximate surface area is 114 Å². The van der Waals surface area contributed by atoms with Crippen LogP contribution in [-0.2, 0) is 0 Å². The fourth-order valence-electron chi connectivity index (χ4n) is 2.03. The molecule has 3 N–H and O–H groups in total. The molecular formula is C16H20N2O. The lowest BCUT2D eigenvalue weighted by atomic mass is 10.1. The van der Waals surface area contributed by atoms with Gasteiger partial charge >= 0.3 is 0 Å². The van der Waals surface area contributed by atoms with Gasteiger partial charge in [0, 0.05) is 5.69 Å². The highest BCUT2D eigenvalue weighted by atomic mass is 16.5. The first kappa shape index (κ1) is 13.3. The van der Waals surface area contributed by atoms with Crippen molar-refractivity contribution in [2.24, 2.45) is 0 Å². The van der Waals surface area contributed by atoms with E-state index in [0.717, 1.165) is 17.1 Å². The molecule has 0 saturated heterocycles. The predicted molar refractivity (Wildman–Crippen MR) is 81.2 cm³/mol. The minimum absolute atomic E-state index is 0.608. The van der Waals surface area contributed by atoms with Gasteiger partial charge in [0.1, 0.15) is 5.75 Å². The topological polar surface area (TPSA) is 47.3 Å². The van der Waals surface area contributed by atoms with Crippen molar-refractivity contribution < 1.29 is 4.74 Å². The zero-order valence-corrected chi connectivity index (χ0v) is 11.7. The first-order valence-electron chi connectivity index (χ1n) is 6.47. The van der Waals surface area contributed by atoms with E-state index < -0.39 is 0 Å². The van der Waals surface area contributed by atoms with Gasteiger partial charge in [-0.3, -0.25) is 0 Å². The van der Waals surface area contributed by atoms with Gasteiger partial charge in [-0.2, -0.15) is 0 Å². The lowest BCUT2D eigenvalue weighted by Crippen LogP contribution is -2.01. The monoisotopic (exact) mass is 256 g/mol. The molecular weight excluding hydrogens is 236 g/mol. The van der Waals surface area contributed by atoms with Gasteiger partial charge in [-0.05, 0) is 44.5 Å². The summed E-state index contributed by atoms with van der Waals surface area (Å²) in [5, 5.41) is 3.36. The molecule has 0 saturated carbocycles. The number of nitrogens with one attached hydrogen (secondary N) is 1. The SMILES string of the molecule is CCOc1cccc(Nc2ccc(C)cc2C)c1N. The summed E-state index contributed by atoms with van der Waals surface area (Å²) in [5.74, 6) is 0.720. The summed E-state index contributed by atoms with van der Waals surface area (Å²) in [6, 6.07) is 12.1. The van der Waals surface area contributed by atoms with E-state index in [9.17, 15) is 0 Å². The molecule has 2 aromatic carbocycles. The molecule has 3 nitrogen and oxygen atoms in total. The van der Waals surface area contributed by atoms with Crippen LogP contribution in [0.1, 0.15) is 18.1 Å². The lowest BCUT2D eigenvalue weighted by molar-refractivity contribution is 0.342. The summed E-state index contributed by atoms with van der Waals surface area (Å²) in [6.07, 6.45) is 0. The number of aryl methyl sites for hydroxylation is 2. The molecule has 0 spiro atoms. The number of para-hydroxylation sites is 1. The van der Waals surface area contributed by atoms with Crippen molar-refractivity contribution >= 4 is 17.1 Å². The Kier molecular flexibility index (Phi) is 3.95. The molecule has 0 radical (unpaired) electrons. The normalized spacial score (nSPS) is 10.3. The van der Waals surface area contributed by atoms with Gasteiger partial charge in [-0.1, -0.05) is 23.8 Å². The Morgan fingerprint density at radius 1 is 1.11 bits per heavy atom. The maximum absolute atomic E-state index is 6.11. The molecule has 0 unspecified atom stereocenters. The van der Waals surface area contributed by atoms with Crippen molar-refractivity contribution in [3.63, 3.8) is 0 Å². The van der Waals surface area contributed by atoms with Gasteiger partial charge < -0.3 is 15.8 Å². The highest BCUT2D eigenvalue weighted by molar-refractivity contribution is 5.78. The molecule has 0 aromatic heterocycles. The van der Waals surface area contributed by atoms with Crippen LogP contribution in [0, 0.1) is 13.8 Å². The molecule has 3 heteroatoms. The number of nitrogens with two attached hydrogens (primary N) is 1. The summed E-state index contributed by atoms with van der Waals surface area (Å²) >= 11 is 0. The van der Waals surface area contributed by atoms with Crippen LogP contribution in [0.5, 0.6) is 5.75 Å². The first-order valence-corrected chi connectivity index (χ1v) is 6.47. The summed E-state index contributed by atoms with van der Waals surface area (Å²) < 4.78 is 5.50. The predicted octanol–water partition coefficient (Wildman–Crippen LogP) is 4.03. The number of rotatable bonds is 4. The molecule has 0 heterocycles. The molecule has 0 amide bonds. The fraction of sp³-hybridized carbons (Fsp3) is 0.250. The number of hydrogen-bond acceptors (Lipinski definition) is 3. The van der Waals surface area contributed by atoms with Crippen LogP contribution in [0.2, 0.25) is 0 Å². The van der Waals surface area contributed by atoms with Crippen LogP contribution in [0.25, 0.3) is 0 Å². The molecule has 0 atom stereocenters. The Hall–Kier alpha value is -2.16. The Bertz CT molecular complexity index is 579. The lowest BCUT2D eigenvalue weighted by Gasteiger charge is -2.15. The van der Waals surface area contributed by atoms with E-state index in [-0.39, 0.29) is 0 Å². The van der Waals surface area contributed by atoms with Gasteiger partial charge in [0.05, 0.1) is 18.0 Å². The van der Waals surface area contributed by atoms with E-state index in [1.54, 1.807) is 0 Å². The molecule has 0 aliphatic rings. The maximum Gasteiger partial charge on any atom is 0.144 e. The van der Waals surface area contributed by atoms with Gasteiger partial charge in [-0.25, -0.2) is 0 Å². The van der Waals surface area contributed by atoms with Crippen LogP contribution in [-0.4, -0.2) is 6.61 Å². The van der Waals surface area contributed by atoms with Crippen LogP contribution in [0.15, 0.2) is 36.4 Å². The van der Waals surface area contributed by atoms with Crippen LogP contribution in [0.4, 0.5) is 17.1 Å². The summed E-state index contributed by atoms with van der Waals surface area (Å²) in [4.78, 5) is 0. The van der Waals surface area contributed by atoms with E-state index in [0.29, 0.717) is 12.3 Å². The van der Waals surface area contributed by atoms with Crippen LogP contribution < -0.4 is 15.8 Å². The highest BCUT2D eigenvalue weighted by Crippen LogP contribution is 2.32. The van der Waals surface area contributed by atoms with Crippen LogP contribution >= 0.6 is 0 Å². The average molecular weight is 256 g/mol. The summed E-state index contributed by atoms with van der Waals surface area (Å²) in [7, 11) is 0. The third-order valence-corrected chi connectivity index (χ3v) is 3.02. The molecule has 100 valence electrons. The minimum atomic E-state index is 0.608. The third-order valence-electron chi connectivity index (χ3n) is 3.02. The average Bonchev–Trinajstić information content (AvgIpc) is 2.37. The summed E-state index contributed by atoms with van der Waals surface area (Å²) in [5.41, 5.74) is 11.1. The second-order valence-corrected chi connectivity index (χ2v) is 4.59. The largest absolute Gasteiger partial charge is 0.492 e. The van der Waals surface area contributed by atoms with Gasteiger partial charge in [0.15, 0.2) is 0 Å². The maximum atomic E-state index is 6.11. The van der Waals surface area contributed by atoms with Crippen molar-refractivity contribution in [3.05, 3.63) is 47.5 Å². The second kappa shape index (κ2) is 5.65. The summed E-state index contributed by atoms with van der Waals surface area (Å²) in [6.45, 7) is 6.72. The van der Waals surface area contributed by atoms with E-state index in [2.05, 4.69) is 37.4 Å². The molecule has 0 aliphatic heterocycles. The van der Waals surface area contributed by atoms with Gasteiger partial charge in [-0.15, -0.1) is 0 Å². The zero-order chi connectivity index (χ0) is 13.8. The Morgan fingerprint density at radius 3 is 2.58 bits per heavy atom. The van der Waals surface area contributed by atoms with E-state index in [1.165, 1.54) is 11.1 Å². The molecule has 2 rings (SSSR count). The van der Waals surface area contributed by atoms with E-state index in [4.69, 9.17) is 10.5 Å². The number of ether oxygens (including phenoxy) is 1. The molecule has 2 aromatic rings. The van der Waals surface area contributed by atoms with E-state index >= 15 is 0 Å².